The summed E-state index contributed by atoms with van der Waals surface area (Å²) >= 11 is 0. The number of piperidine rings is 1. The van der Waals surface area contributed by atoms with Gasteiger partial charge >= 0.3 is 0 Å². The molecule has 0 radical (unpaired) electrons. The maximum atomic E-state index is 4.44. The van der Waals surface area contributed by atoms with E-state index in [1.54, 1.807) is 0 Å². The summed E-state index contributed by atoms with van der Waals surface area (Å²) in [6.07, 6.45) is 6.23. The predicted molar refractivity (Wildman–Crippen MR) is 117 cm³/mol. The zero-order valence-electron chi connectivity index (χ0n) is 17.2. The van der Waals surface area contributed by atoms with Gasteiger partial charge in [-0.25, -0.2) is 0 Å². The Labute approximate surface area is 169 Å². The van der Waals surface area contributed by atoms with Gasteiger partial charge in [0.15, 0.2) is 5.96 Å². The normalized spacial score (nSPS) is 16.1. The Hall–Kier alpha value is -2.40. The maximum Gasteiger partial charge on any atom is 0.191 e. The second-order valence-corrected chi connectivity index (χ2v) is 7.43. The fraction of sp³-hybridized carbons (Fsp3) is 0.478. The molecule has 0 unspecified atom stereocenters. The third kappa shape index (κ3) is 6.34. The van der Waals surface area contributed by atoms with Gasteiger partial charge in [-0.15, -0.1) is 0 Å². The van der Waals surface area contributed by atoms with Crippen molar-refractivity contribution in [1.82, 2.24) is 20.5 Å². The highest BCUT2D eigenvalue weighted by molar-refractivity contribution is 5.79. The molecule has 2 heterocycles. The molecular weight excluding hydrogens is 346 g/mol. The van der Waals surface area contributed by atoms with Crippen LogP contribution in [-0.2, 0) is 19.4 Å². The van der Waals surface area contributed by atoms with Crippen LogP contribution in [0.5, 0.6) is 0 Å². The van der Waals surface area contributed by atoms with Crippen molar-refractivity contribution < 1.29 is 0 Å². The van der Waals surface area contributed by atoms with E-state index in [0.717, 1.165) is 63.5 Å². The van der Waals surface area contributed by atoms with Gasteiger partial charge in [0, 0.05) is 45.5 Å². The summed E-state index contributed by atoms with van der Waals surface area (Å²) in [4.78, 5) is 11.3. The predicted octanol–water partition coefficient (Wildman–Crippen LogP) is 3.02. The van der Waals surface area contributed by atoms with Crippen molar-refractivity contribution in [3.63, 3.8) is 0 Å². The van der Waals surface area contributed by atoms with Gasteiger partial charge in [0.25, 0.3) is 0 Å². The summed E-state index contributed by atoms with van der Waals surface area (Å²) in [6.45, 7) is 6.21. The van der Waals surface area contributed by atoms with Crippen LogP contribution in [0.25, 0.3) is 0 Å². The molecule has 0 atom stereocenters. The Morgan fingerprint density at radius 1 is 1.11 bits per heavy atom. The molecule has 0 spiro atoms. The molecule has 5 nitrogen and oxygen atoms in total. The standard InChI is InChI=1S/C23H33N5/c1-3-19-7-9-20(10-8-19)11-15-26-23(24-2)27-21-12-16-28(17-13-21)18-22-6-4-5-14-25-22/h4-10,14,21H,3,11-13,15-18H2,1-2H3,(H2,24,26,27). The van der Waals surface area contributed by atoms with Crippen LogP contribution >= 0.6 is 0 Å². The highest BCUT2D eigenvalue weighted by atomic mass is 15.2. The smallest absolute Gasteiger partial charge is 0.191 e. The molecule has 3 rings (SSSR count). The van der Waals surface area contributed by atoms with E-state index in [1.807, 2.05) is 19.3 Å². The molecule has 2 aromatic rings. The van der Waals surface area contributed by atoms with Gasteiger partial charge < -0.3 is 10.6 Å². The average molecular weight is 380 g/mol. The quantitative estimate of drug-likeness (QED) is 0.574. The number of guanidine groups is 1. The van der Waals surface area contributed by atoms with Crippen LogP contribution in [0.15, 0.2) is 53.7 Å². The van der Waals surface area contributed by atoms with E-state index in [-0.39, 0.29) is 0 Å². The van der Waals surface area contributed by atoms with E-state index in [4.69, 9.17) is 0 Å². The van der Waals surface area contributed by atoms with E-state index >= 15 is 0 Å². The summed E-state index contributed by atoms with van der Waals surface area (Å²) in [5.41, 5.74) is 3.91. The van der Waals surface area contributed by atoms with Gasteiger partial charge in [0.05, 0.1) is 5.69 Å². The van der Waals surface area contributed by atoms with E-state index in [9.17, 15) is 0 Å². The average Bonchev–Trinajstić information content (AvgIpc) is 2.75. The van der Waals surface area contributed by atoms with Crippen molar-refractivity contribution in [3.8, 4) is 0 Å². The molecule has 0 saturated carbocycles. The van der Waals surface area contributed by atoms with Crippen LogP contribution in [0, 0.1) is 0 Å². The van der Waals surface area contributed by atoms with Crippen molar-refractivity contribution in [2.45, 2.75) is 45.2 Å². The van der Waals surface area contributed by atoms with Gasteiger partial charge in [0.2, 0.25) is 0 Å². The minimum atomic E-state index is 0.482. The summed E-state index contributed by atoms with van der Waals surface area (Å²) in [5, 5.41) is 7.05. The molecule has 0 aliphatic carbocycles. The first-order valence-corrected chi connectivity index (χ1v) is 10.4. The number of hydrogen-bond donors (Lipinski definition) is 2. The molecule has 0 amide bonds. The molecule has 150 valence electrons. The number of aryl methyl sites for hydroxylation is 1. The Balaban J connectivity index is 1.37. The summed E-state index contributed by atoms with van der Waals surface area (Å²) < 4.78 is 0. The lowest BCUT2D eigenvalue weighted by Crippen LogP contribution is -2.48. The zero-order valence-corrected chi connectivity index (χ0v) is 17.2. The molecule has 28 heavy (non-hydrogen) atoms. The molecule has 1 aliphatic rings. The lowest BCUT2D eigenvalue weighted by atomic mass is 10.0. The van der Waals surface area contributed by atoms with Gasteiger partial charge in [0.1, 0.15) is 0 Å². The molecule has 2 N–H and O–H groups in total. The van der Waals surface area contributed by atoms with E-state index in [0.29, 0.717) is 6.04 Å². The van der Waals surface area contributed by atoms with Gasteiger partial charge in [-0.2, -0.15) is 0 Å². The molecule has 1 saturated heterocycles. The third-order valence-electron chi connectivity index (χ3n) is 5.40. The van der Waals surface area contributed by atoms with Gasteiger partial charge in [-0.3, -0.25) is 14.9 Å². The second kappa shape index (κ2) is 10.8. The minimum absolute atomic E-state index is 0.482. The largest absolute Gasteiger partial charge is 0.356 e. The fourth-order valence-corrected chi connectivity index (χ4v) is 3.61. The molecule has 0 bridgehead atoms. The lowest BCUT2D eigenvalue weighted by Gasteiger charge is -2.32. The first-order chi connectivity index (χ1) is 13.8. The van der Waals surface area contributed by atoms with Crippen LogP contribution in [0.4, 0.5) is 0 Å². The van der Waals surface area contributed by atoms with E-state index in [1.165, 1.54) is 11.1 Å². The number of likely N-dealkylation sites (tertiary alicyclic amines) is 1. The number of nitrogens with one attached hydrogen (secondary N) is 2. The Bertz CT molecular complexity index is 718. The maximum absolute atomic E-state index is 4.44. The Morgan fingerprint density at radius 3 is 2.50 bits per heavy atom. The molecular formula is C23H33N5. The van der Waals surface area contributed by atoms with Crippen molar-refractivity contribution in [3.05, 3.63) is 65.5 Å². The number of rotatable bonds is 7. The minimum Gasteiger partial charge on any atom is -0.356 e. The third-order valence-corrected chi connectivity index (χ3v) is 5.40. The van der Waals surface area contributed by atoms with Gasteiger partial charge in [-0.1, -0.05) is 37.3 Å². The zero-order chi connectivity index (χ0) is 19.6. The summed E-state index contributed by atoms with van der Waals surface area (Å²) in [7, 11) is 1.85. The SMILES string of the molecule is CCc1ccc(CCNC(=NC)NC2CCN(Cc3ccccn3)CC2)cc1. The fourth-order valence-electron chi connectivity index (χ4n) is 3.61. The summed E-state index contributed by atoms with van der Waals surface area (Å²) in [5.74, 6) is 0.911. The number of nitrogens with zero attached hydrogens (tertiary/aromatic N) is 3. The number of hydrogen-bond acceptors (Lipinski definition) is 3. The first kappa shape index (κ1) is 20.3. The van der Waals surface area contributed by atoms with Crippen LogP contribution in [0.1, 0.15) is 36.6 Å². The molecule has 1 fully saturated rings. The van der Waals surface area contributed by atoms with E-state index in [2.05, 4.69) is 68.8 Å². The number of aliphatic imine (C=N–C) groups is 1. The number of benzene rings is 1. The molecule has 1 aromatic carbocycles. The Morgan fingerprint density at radius 2 is 1.86 bits per heavy atom. The summed E-state index contributed by atoms with van der Waals surface area (Å²) in [6, 6.07) is 15.5. The van der Waals surface area contributed by atoms with Crippen LogP contribution in [0.2, 0.25) is 0 Å². The van der Waals surface area contributed by atoms with Crippen LogP contribution in [-0.4, -0.2) is 48.6 Å². The monoisotopic (exact) mass is 379 g/mol. The topological polar surface area (TPSA) is 52.6 Å². The molecule has 5 heteroatoms. The number of aromatic nitrogens is 1. The molecule has 1 aliphatic heterocycles. The highest BCUT2D eigenvalue weighted by Gasteiger charge is 2.20. The van der Waals surface area contributed by atoms with Crippen molar-refractivity contribution in [2.75, 3.05) is 26.7 Å². The number of pyridine rings is 1. The van der Waals surface area contributed by atoms with Crippen molar-refractivity contribution >= 4 is 5.96 Å². The second-order valence-electron chi connectivity index (χ2n) is 7.43. The first-order valence-electron chi connectivity index (χ1n) is 10.4. The van der Waals surface area contributed by atoms with E-state index < -0.39 is 0 Å². The van der Waals surface area contributed by atoms with Crippen molar-refractivity contribution in [1.29, 1.82) is 0 Å². The van der Waals surface area contributed by atoms with Crippen molar-refractivity contribution in [2.24, 2.45) is 4.99 Å². The lowest BCUT2D eigenvalue weighted by molar-refractivity contribution is 0.196. The van der Waals surface area contributed by atoms with Crippen LogP contribution in [0.3, 0.4) is 0 Å². The molecule has 1 aromatic heterocycles. The Kier molecular flexibility index (Phi) is 7.85. The highest BCUT2D eigenvalue weighted by Crippen LogP contribution is 2.13. The van der Waals surface area contributed by atoms with Crippen LogP contribution < -0.4 is 10.6 Å². The van der Waals surface area contributed by atoms with Gasteiger partial charge in [-0.05, 0) is 48.9 Å².